The molecule has 0 saturated carbocycles. The molecule has 1 aromatic carbocycles. The summed E-state index contributed by atoms with van der Waals surface area (Å²) in [5.74, 6) is 0. The number of nitrogens with one attached hydrogen (secondary N) is 1. The topological polar surface area (TPSA) is 24.9 Å². The van der Waals surface area contributed by atoms with E-state index in [9.17, 15) is 0 Å². The molecule has 0 aliphatic heterocycles. The van der Waals surface area contributed by atoms with Gasteiger partial charge in [-0.3, -0.25) is 0 Å². The lowest BCUT2D eigenvalue weighted by molar-refractivity contribution is 0.583. The van der Waals surface area contributed by atoms with E-state index in [0.717, 1.165) is 12.2 Å². The molecular formula is C18H26N2S. The van der Waals surface area contributed by atoms with Gasteiger partial charge in [-0.15, -0.1) is 11.3 Å². The van der Waals surface area contributed by atoms with Crippen molar-refractivity contribution in [2.24, 2.45) is 0 Å². The number of anilines is 1. The lowest BCUT2D eigenvalue weighted by atomic mass is 9.86. The number of aromatic nitrogens is 1. The van der Waals surface area contributed by atoms with Crippen LogP contribution in [0.2, 0.25) is 0 Å². The lowest BCUT2D eigenvalue weighted by Crippen LogP contribution is -2.15. The maximum atomic E-state index is 4.74. The van der Waals surface area contributed by atoms with Crippen molar-refractivity contribution in [1.82, 2.24) is 4.98 Å². The summed E-state index contributed by atoms with van der Waals surface area (Å²) in [4.78, 5) is 4.74. The summed E-state index contributed by atoms with van der Waals surface area (Å²) in [5.41, 5.74) is 3.94. The molecule has 1 N–H and O–H groups in total. The van der Waals surface area contributed by atoms with Crippen LogP contribution in [0.3, 0.4) is 0 Å². The Labute approximate surface area is 132 Å². The van der Waals surface area contributed by atoms with Crippen LogP contribution in [-0.2, 0) is 17.4 Å². The van der Waals surface area contributed by atoms with Crippen molar-refractivity contribution in [3.05, 3.63) is 45.9 Å². The zero-order valence-electron chi connectivity index (χ0n) is 13.9. The number of hydrogen-bond acceptors (Lipinski definition) is 3. The average molecular weight is 302 g/mol. The van der Waals surface area contributed by atoms with Gasteiger partial charge in [-0.1, -0.05) is 59.7 Å². The van der Waals surface area contributed by atoms with Gasteiger partial charge in [-0.05, 0) is 17.0 Å². The second kappa shape index (κ2) is 5.80. The number of nitrogens with zero attached hydrogens (tertiary/aromatic N) is 1. The van der Waals surface area contributed by atoms with Gasteiger partial charge >= 0.3 is 0 Å². The van der Waals surface area contributed by atoms with Gasteiger partial charge in [-0.25, -0.2) is 4.98 Å². The fraction of sp³-hybridized carbons (Fsp3) is 0.500. The molecule has 114 valence electrons. The van der Waals surface area contributed by atoms with E-state index in [1.165, 1.54) is 16.3 Å². The number of para-hydroxylation sites is 1. The molecule has 1 heterocycles. The normalized spacial score (nSPS) is 12.5. The monoisotopic (exact) mass is 302 g/mol. The van der Waals surface area contributed by atoms with Gasteiger partial charge in [0.05, 0.1) is 17.2 Å². The van der Waals surface area contributed by atoms with Crippen LogP contribution in [0, 0.1) is 0 Å². The Morgan fingerprint density at radius 3 is 2.24 bits per heavy atom. The van der Waals surface area contributed by atoms with Crippen molar-refractivity contribution in [1.29, 1.82) is 0 Å². The molecule has 0 fully saturated rings. The first-order valence-electron chi connectivity index (χ1n) is 7.46. The quantitative estimate of drug-likeness (QED) is 0.826. The van der Waals surface area contributed by atoms with E-state index >= 15 is 0 Å². The van der Waals surface area contributed by atoms with Crippen molar-refractivity contribution in [2.75, 3.05) is 5.32 Å². The van der Waals surface area contributed by atoms with Gasteiger partial charge < -0.3 is 5.32 Å². The lowest BCUT2D eigenvalue weighted by Gasteiger charge is -2.23. The minimum Gasteiger partial charge on any atom is -0.379 e. The molecule has 0 aliphatic rings. The first-order valence-corrected chi connectivity index (χ1v) is 8.34. The SMILES string of the molecule is CC(C)(C)c1nc(CNc2ccccc2C(C)(C)C)cs1. The van der Waals surface area contributed by atoms with Crippen LogP contribution < -0.4 is 5.32 Å². The number of thiazole rings is 1. The summed E-state index contributed by atoms with van der Waals surface area (Å²) in [6.45, 7) is 14.1. The number of hydrogen-bond donors (Lipinski definition) is 1. The fourth-order valence-electron chi connectivity index (χ4n) is 2.21. The summed E-state index contributed by atoms with van der Waals surface area (Å²) in [5, 5.41) is 6.90. The van der Waals surface area contributed by atoms with Crippen molar-refractivity contribution in [3.63, 3.8) is 0 Å². The van der Waals surface area contributed by atoms with Crippen molar-refractivity contribution in [2.45, 2.75) is 58.9 Å². The largest absolute Gasteiger partial charge is 0.379 e. The van der Waals surface area contributed by atoms with Gasteiger partial charge in [0.25, 0.3) is 0 Å². The minimum absolute atomic E-state index is 0.131. The summed E-state index contributed by atoms with van der Waals surface area (Å²) in [7, 11) is 0. The number of rotatable bonds is 3. The van der Waals surface area contributed by atoms with Crippen molar-refractivity contribution < 1.29 is 0 Å². The second-order valence-electron chi connectivity index (χ2n) is 7.54. The Hall–Kier alpha value is -1.35. The Bertz CT molecular complexity index is 600. The van der Waals surface area contributed by atoms with Gasteiger partial charge in [-0.2, -0.15) is 0 Å². The molecule has 0 aliphatic carbocycles. The fourth-order valence-corrected chi connectivity index (χ4v) is 3.12. The predicted molar refractivity (Wildman–Crippen MR) is 93.3 cm³/mol. The van der Waals surface area contributed by atoms with E-state index < -0.39 is 0 Å². The van der Waals surface area contributed by atoms with E-state index in [1.54, 1.807) is 11.3 Å². The third kappa shape index (κ3) is 4.07. The molecule has 3 heteroatoms. The zero-order chi connectivity index (χ0) is 15.7. The van der Waals surface area contributed by atoms with Gasteiger partial charge in [0, 0.05) is 16.5 Å². The molecule has 2 rings (SSSR count). The molecule has 2 nitrogen and oxygen atoms in total. The smallest absolute Gasteiger partial charge is 0.0982 e. The highest BCUT2D eigenvalue weighted by Crippen LogP contribution is 2.30. The van der Waals surface area contributed by atoms with E-state index in [2.05, 4.69) is 76.5 Å². The highest BCUT2D eigenvalue weighted by Gasteiger charge is 2.19. The van der Waals surface area contributed by atoms with Gasteiger partial charge in [0.1, 0.15) is 0 Å². The molecular weight excluding hydrogens is 276 g/mol. The molecule has 0 radical (unpaired) electrons. The maximum Gasteiger partial charge on any atom is 0.0982 e. The highest BCUT2D eigenvalue weighted by atomic mass is 32.1. The summed E-state index contributed by atoms with van der Waals surface area (Å²) in [6, 6.07) is 8.53. The van der Waals surface area contributed by atoms with E-state index in [0.29, 0.717) is 0 Å². The first-order chi connectivity index (χ1) is 9.68. The minimum atomic E-state index is 0.131. The van der Waals surface area contributed by atoms with Crippen LogP contribution in [0.5, 0.6) is 0 Å². The standard InChI is InChI=1S/C18H26N2S/c1-17(2,3)14-9-7-8-10-15(14)19-11-13-12-21-16(20-13)18(4,5)6/h7-10,12,19H,11H2,1-6H3. The second-order valence-corrected chi connectivity index (χ2v) is 8.40. The molecule has 2 aromatic rings. The molecule has 0 bridgehead atoms. The van der Waals surface area contributed by atoms with Crippen LogP contribution in [-0.4, -0.2) is 4.98 Å². The highest BCUT2D eigenvalue weighted by molar-refractivity contribution is 7.09. The first kappa shape index (κ1) is 16.0. The Balaban J connectivity index is 2.12. The Morgan fingerprint density at radius 2 is 1.67 bits per heavy atom. The summed E-state index contributed by atoms with van der Waals surface area (Å²) in [6.07, 6.45) is 0. The zero-order valence-corrected chi connectivity index (χ0v) is 14.8. The third-order valence-electron chi connectivity index (χ3n) is 3.39. The van der Waals surface area contributed by atoms with E-state index in [1.807, 2.05) is 0 Å². The molecule has 0 atom stereocenters. The third-order valence-corrected chi connectivity index (χ3v) is 4.71. The summed E-state index contributed by atoms with van der Waals surface area (Å²) < 4.78 is 0. The molecule has 0 unspecified atom stereocenters. The Morgan fingerprint density at radius 1 is 1.00 bits per heavy atom. The average Bonchev–Trinajstić information content (AvgIpc) is 2.84. The molecule has 21 heavy (non-hydrogen) atoms. The maximum absolute atomic E-state index is 4.74. The van der Waals surface area contributed by atoms with E-state index in [4.69, 9.17) is 4.98 Å². The van der Waals surface area contributed by atoms with Crippen LogP contribution in [0.1, 0.15) is 57.8 Å². The molecule has 0 saturated heterocycles. The predicted octanol–water partition coefficient (Wildman–Crippen LogP) is 5.35. The van der Waals surface area contributed by atoms with E-state index in [-0.39, 0.29) is 10.8 Å². The van der Waals surface area contributed by atoms with Gasteiger partial charge in [0.2, 0.25) is 0 Å². The summed E-state index contributed by atoms with van der Waals surface area (Å²) >= 11 is 1.75. The van der Waals surface area contributed by atoms with Crippen molar-refractivity contribution in [3.8, 4) is 0 Å². The molecule has 1 aromatic heterocycles. The number of benzene rings is 1. The van der Waals surface area contributed by atoms with Crippen LogP contribution in [0.15, 0.2) is 29.6 Å². The van der Waals surface area contributed by atoms with Gasteiger partial charge in [0.15, 0.2) is 0 Å². The van der Waals surface area contributed by atoms with Crippen LogP contribution >= 0.6 is 11.3 Å². The molecule has 0 spiro atoms. The van der Waals surface area contributed by atoms with Crippen molar-refractivity contribution >= 4 is 17.0 Å². The van der Waals surface area contributed by atoms with Crippen LogP contribution in [0.25, 0.3) is 0 Å². The molecule has 0 amide bonds. The van der Waals surface area contributed by atoms with Crippen LogP contribution in [0.4, 0.5) is 5.69 Å². The Kier molecular flexibility index (Phi) is 4.43.